The van der Waals surface area contributed by atoms with Crippen LogP contribution in [0.25, 0.3) is 11.1 Å². The molecule has 0 unspecified atom stereocenters. The van der Waals surface area contributed by atoms with Crippen molar-refractivity contribution in [3.05, 3.63) is 125 Å². The maximum atomic E-state index is 13.0. The van der Waals surface area contributed by atoms with E-state index in [4.69, 9.17) is 9.47 Å². The molecule has 4 rings (SSSR count). The Balaban J connectivity index is 1.81. The number of ether oxygens (including phenoxy) is 2. The summed E-state index contributed by atoms with van der Waals surface area (Å²) in [6.07, 6.45) is 0.262. The molecule has 0 saturated heterocycles. The van der Waals surface area contributed by atoms with Crippen LogP contribution in [0.1, 0.15) is 54.6 Å². The molecule has 0 bridgehead atoms. The SMILES string of the molecule is CCOC(=O)C[C@@H](c1cccc(-c2cccc(OC)c2C)c1)N(Cc1ccccc1)[C@H](C)c1ccccc1. The number of benzene rings is 4. The van der Waals surface area contributed by atoms with Gasteiger partial charge in [-0.1, -0.05) is 91.0 Å². The Bertz CT molecular complexity index is 1320. The van der Waals surface area contributed by atoms with Gasteiger partial charge in [0.1, 0.15) is 5.75 Å². The molecule has 38 heavy (non-hydrogen) atoms. The van der Waals surface area contributed by atoms with Gasteiger partial charge < -0.3 is 9.47 Å². The molecular formula is C34H37NO3. The number of hydrogen-bond acceptors (Lipinski definition) is 4. The molecule has 2 atom stereocenters. The fraction of sp³-hybridized carbons (Fsp3) is 0.265. The van der Waals surface area contributed by atoms with Crippen molar-refractivity contribution in [1.82, 2.24) is 4.90 Å². The van der Waals surface area contributed by atoms with E-state index in [0.29, 0.717) is 13.2 Å². The highest BCUT2D eigenvalue weighted by Crippen LogP contribution is 2.37. The van der Waals surface area contributed by atoms with E-state index in [2.05, 4.69) is 97.6 Å². The third kappa shape index (κ3) is 6.51. The summed E-state index contributed by atoms with van der Waals surface area (Å²) in [5.41, 5.74) is 6.79. The Morgan fingerprint density at radius 2 is 1.50 bits per heavy atom. The Morgan fingerprint density at radius 3 is 2.18 bits per heavy atom. The van der Waals surface area contributed by atoms with Crippen molar-refractivity contribution in [3.8, 4) is 16.9 Å². The molecule has 4 nitrogen and oxygen atoms in total. The van der Waals surface area contributed by atoms with E-state index in [1.165, 1.54) is 11.1 Å². The van der Waals surface area contributed by atoms with E-state index in [-0.39, 0.29) is 24.5 Å². The second-order valence-corrected chi connectivity index (χ2v) is 9.53. The standard InChI is InChI=1S/C34H37NO3/c1-5-38-34(36)23-32(30-19-12-18-29(22-30)31-20-13-21-33(37-4)25(31)2)35(24-27-14-8-6-9-15-27)26(3)28-16-10-7-11-17-28/h6-22,26,32H,5,23-24H2,1-4H3/t26-,32+/m1/s1. The molecular weight excluding hydrogens is 470 g/mol. The molecule has 0 aliphatic rings. The van der Waals surface area contributed by atoms with E-state index in [1.54, 1.807) is 7.11 Å². The highest BCUT2D eigenvalue weighted by molar-refractivity contribution is 5.72. The van der Waals surface area contributed by atoms with Crippen LogP contribution < -0.4 is 4.74 Å². The summed E-state index contributed by atoms with van der Waals surface area (Å²) in [6, 6.07) is 35.4. The summed E-state index contributed by atoms with van der Waals surface area (Å²) in [6.45, 7) is 7.21. The Morgan fingerprint density at radius 1 is 0.842 bits per heavy atom. The van der Waals surface area contributed by atoms with Gasteiger partial charge in [0.25, 0.3) is 0 Å². The summed E-state index contributed by atoms with van der Waals surface area (Å²) < 4.78 is 11.0. The molecule has 0 N–H and O–H groups in total. The van der Waals surface area contributed by atoms with Crippen molar-refractivity contribution < 1.29 is 14.3 Å². The third-order valence-electron chi connectivity index (χ3n) is 7.14. The number of carbonyl (C=O) groups is 1. The maximum absolute atomic E-state index is 13.0. The largest absolute Gasteiger partial charge is 0.496 e. The number of hydrogen-bond donors (Lipinski definition) is 0. The van der Waals surface area contributed by atoms with Crippen LogP contribution in [0.2, 0.25) is 0 Å². The van der Waals surface area contributed by atoms with Crippen LogP contribution in [-0.2, 0) is 16.1 Å². The lowest BCUT2D eigenvalue weighted by Gasteiger charge is -2.37. The number of nitrogens with zero attached hydrogens (tertiary/aromatic N) is 1. The Kier molecular flexibility index (Phi) is 9.34. The predicted molar refractivity (Wildman–Crippen MR) is 154 cm³/mol. The van der Waals surface area contributed by atoms with E-state index in [9.17, 15) is 4.79 Å². The first kappa shape index (κ1) is 27.2. The highest BCUT2D eigenvalue weighted by atomic mass is 16.5. The van der Waals surface area contributed by atoms with Gasteiger partial charge in [0, 0.05) is 18.6 Å². The predicted octanol–water partition coefficient (Wildman–Crippen LogP) is 7.93. The minimum Gasteiger partial charge on any atom is -0.496 e. The lowest BCUT2D eigenvalue weighted by molar-refractivity contribution is -0.145. The van der Waals surface area contributed by atoms with Crippen LogP contribution in [-0.4, -0.2) is 24.6 Å². The minimum absolute atomic E-state index is 0.0676. The van der Waals surface area contributed by atoms with Crippen LogP contribution in [0.3, 0.4) is 0 Å². The Labute approximate surface area is 226 Å². The number of carbonyl (C=O) groups excluding carboxylic acids is 1. The van der Waals surface area contributed by atoms with Crippen LogP contribution in [0, 0.1) is 6.92 Å². The molecule has 0 heterocycles. The first-order chi connectivity index (χ1) is 18.5. The normalized spacial score (nSPS) is 12.7. The maximum Gasteiger partial charge on any atom is 0.307 e. The summed E-state index contributed by atoms with van der Waals surface area (Å²) in [4.78, 5) is 15.4. The summed E-state index contributed by atoms with van der Waals surface area (Å²) in [5.74, 6) is 0.665. The monoisotopic (exact) mass is 507 g/mol. The molecule has 196 valence electrons. The molecule has 0 aromatic heterocycles. The second-order valence-electron chi connectivity index (χ2n) is 9.53. The average molecular weight is 508 g/mol. The molecule has 0 aliphatic carbocycles. The smallest absolute Gasteiger partial charge is 0.307 e. The quantitative estimate of drug-likeness (QED) is 0.193. The van der Waals surface area contributed by atoms with Crippen LogP contribution in [0.5, 0.6) is 5.75 Å². The molecule has 4 heteroatoms. The van der Waals surface area contributed by atoms with Crippen molar-refractivity contribution in [2.24, 2.45) is 0 Å². The van der Waals surface area contributed by atoms with Crippen molar-refractivity contribution in [3.63, 3.8) is 0 Å². The van der Waals surface area contributed by atoms with Gasteiger partial charge in [-0.15, -0.1) is 0 Å². The van der Waals surface area contributed by atoms with Gasteiger partial charge in [-0.05, 0) is 66.3 Å². The molecule has 4 aromatic rings. The Hall–Kier alpha value is -3.89. The summed E-state index contributed by atoms with van der Waals surface area (Å²) >= 11 is 0. The lowest BCUT2D eigenvalue weighted by Crippen LogP contribution is -2.33. The van der Waals surface area contributed by atoms with Gasteiger partial charge in [-0.3, -0.25) is 9.69 Å². The molecule has 0 fully saturated rings. The fourth-order valence-corrected chi connectivity index (χ4v) is 5.10. The zero-order valence-corrected chi connectivity index (χ0v) is 22.8. The van der Waals surface area contributed by atoms with Crippen molar-refractivity contribution in [2.45, 2.75) is 45.8 Å². The van der Waals surface area contributed by atoms with E-state index < -0.39 is 0 Å². The zero-order valence-electron chi connectivity index (χ0n) is 22.8. The van der Waals surface area contributed by atoms with E-state index in [1.807, 2.05) is 31.2 Å². The van der Waals surface area contributed by atoms with E-state index >= 15 is 0 Å². The molecule has 4 aromatic carbocycles. The van der Waals surface area contributed by atoms with Gasteiger partial charge in [0.15, 0.2) is 0 Å². The lowest BCUT2D eigenvalue weighted by atomic mass is 9.92. The molecule has 0 amide bonds. The molecule has 0 aliphatic heterocycles. The van der Waals surface area contributed by atoms with Crippen LogP contribution in [0.15, 0.2) is 103 Å². The van der Waals surface area contributed by atoms with Gasteiger partial charge in [-0.25, -0.2) is 0 Å². The van der Waals surface area contributed by atoms with Crippen LogP contribution >= 0.6 is 0 Å². The number of methoxy groups -OCH3 is 1. The van der Waals surface area contributed by atoms with Crippen LogP contribution in [0.4, 0.5) is 0 Å². The number of esters is 1. The van der Waals surface area contributed by atoms with E-state index in [0.717, 1.165) is 28.0 Å². The summed E-state index contributed by atoms with van der Waals surface area (Å²) in [5, 5.41) is 0. The summed E-state index contributed by atoms with van der Waals surface area (Å²) in [7, 11) is 1.70. The minimum atomic E-state index is -0.196. The first-order valence-corrected chi connectivity index (χ1v) is 13.3. The second kappa shape index (κ2) is 13.1. The third-order valence-corrected chi connectivity index (χ3v) is 7.14. The number of rotatable bonds is 11. The first-order valence-electron chi connectivity index (χ1n) is 13.3. The molecule has 0 saturated carbocycles. The van der Waals surface area contributed by atoms with Gasteiger partial charge in [0.2, 0.25) is 0 Å². The fourth-order valence-electron chi connectivity index (χ4n) is 5.10. The van der Waals surface area contributed by atoms with Gasteiger partial charge >= 0.3 is 5.97 Å². The zero-order chi connectivity index (χ0) is 26.9. The van der Waals surface area contributed by atoms with Crippen molar-refractivity contribution >= 4 is 5.97 Å². The van der Waals surface area contributed by atoms with Crippen molar-refractivity contribution in [1.29, 1.82) is 0 Å². The average Bonchev–Trinajstić information content (AvgIpc) is 2.96. The topological polar surface area (TPSA) is 38.8 Å². The van der Waals surface area contributed by atoms with Crippen molar-refractivity contribution in [2.75, 3.05) is 13.7 Å². The molecule has 0 radical (unpaired) electrons. The highest BCUT2D eigenvalue weighted by Gasteiger charge is 2.29. The van der Waals surface area contributed by atoms with Gasteiger partial charge in [-0.2, -0.15) is 0 Å². The van der Waals surface area contributed by atoms with Gasteiger partial charge in [0.05, 0.1) is 20.1 Å². The molecule has 0 spiro atoms.